The molecule has 0 aliphatic rings. The number of para-hydroxylation sites is 1. The molecule has 0 radical (unpaired) electrons. The van der Waals surface area contributed by atoms with Gasteiger partial charge in [0.25, 0.3) is 0 Å². The average molecular weight is 391 g/mol. The molecule has 3 aromatic carbocycles. The van der Waals surface area contributed by atoms with Crippen molar-refractivity contribution in [3.63, 3.8) is 0 Å². The smallest absolute Gasteiger partial charge is 0.190 e. The molecule has 29 heavy (non-hydrogen) atoms. The second-order valence-corrected chi connectivity index (χ2v) is 5.81. The van der Waals surface area contributed by atoms with E-state index in [0.717, 1.165) is 0 Å². The van der Waals surface area contributed by atoms with Gasteiger partial charge >= 0.3 is 0 Å². The summed E-state index contributed by atoms with van der Waals surface area (Å²) in [5.41, 5.74) is -1.42. The third-order valence-corrected chi connectivity index (χ3v) is 3.94. The Balaban J connectivity index is 2.16. The lowest BCUT2D eigenvalue weighted by Gasteiger charge is -2.17. The van der Waals surface area contributed by atoms with Gasteiger partial charge in [0, 0.05) is 11.8 Å². The Labute approximate surface area is 166 Å². The zero-order valence-corrected chi connectivity index (χ0v) is 15.4. The maximum Gasteiger partial charge on any atom is 0.190 e. The highest BCUT2D eigenvalue weighted by atomic mass is 19.1. The predicted octanol–water partition coefficient (Wildman–Crippen LogP) is 5.64. The maximum absolute atomic E-state index is 15.1. The van der Waals surface area contributed by atoms with Crippen molar-refractivity contribution in [2.45, 2.75) is 6.92 Å². The lowest BCUT2D eigenvalue weighted by Crippen LogP contribution is -2.06. The van der Waals surface area contributed by atoms with E-state index in [1.807, 2.05) is 6.92 Å². The summed E-state index contributed by atoms with van der Waals surface area (Å²) in [5.74, 6) is -1.97. The van der Waals surface area contributed by atoms with Crippen LogP contribution < -0.4 is 14.8 Å². The number of nitriles is 2. The van der Waals surface area contributed by atoms with Crippen LogP contribution in [0.4, 0.5) is 20.2 Å². The summed E-state index contributed by atoms with van der Waals surface area (Å²) in [6.07, 6.45) is 0. The molecule has 3 rings (SSSR count). The first kappa shape index (κ1) is 19.7. The number of nitrogens with zero attached hydrogens (tertiary/aromatic N) is 2. The van der Waals surface area contributed by atoms with Crippen LogP contribution in [0.15, 0.2) is 54.6 Å². The molecule has 0 aliphatic heterocycles. The van der Waals surface area contributed by atoms with Gasteiger partial charge in [-0.25, -0.2) is 8.78 Å². The Kier molecular flexibility index (Phi) is 5.91. The third kappa shape index (κ3) is 4.10. The van der Waals surface area contributed by atoms with E-state index in [4.69, 9.17) is 9.47 Å². The molecular weight excluding hydrogens is 376 g/mol. The zero-order valence-electron chi connectivity index (χ0n) is 15.4. The summed E-state index contributed by atoms with van der Waals surface area (Å²) in [6.45, 7) is 2.25. The van der Waals surface area contributed by atoms with Crippen LogP contribution in [0.3, 0.4) is 0 Å². The van der Waals surface area contributed by atoms with Crippen LogP contribution in [0.1, 0.15) is 18.1 Å². The van der Waals surface area contributed by atoms with Gasteiger partial charge in [-0.3, -0.25) is 0 Å². The van der Waals surface area contributed by atoms with E-state index in [1.54, 1.807) is 60.7 Å². The molecule has 7 heteroatoms. The first-order chi connectivity index (χ1) is 14.1. The van der Waals surface area contributed by atoms with Crippen molar-refractivity contribution in [1.82, 2.24) is 0 Å². The summed E-state index contributed by atoms with van der Waals surface area (Å²) in [5, 5.41) is 21.2. The minimum absolute atomic E-state index is 0.241. The van der Waals surface area contributed by atoms with E-state index in [1.165, 1.54) is 6.07 Å². The second-order valence-electron chi connectivity index (χ2n) is 5.81. The Bertz CT molecular complexity index is 1120. The molecule has 0 saturated heterocycles. The van der Waals surface area contributed by atoms with Crippen LogP contribution in [-0.2, 0) is 0 Å². The standard InChI is InChI=1S/C22H15F2N3O2/c1-2-28-16-10-6-7-14(11-16)27-21-19(23)17(12-25)18(13-26)20(24)22(21)29-15-8-4-3-5-9-15/h3-11,27H,2H2,1H3. The molecule has 5 nitrogen and oxygen atoms in total. The van der Waals surface area contributed by atoms with Crippen LogP contribution in [0.25, 0.3) is 0 Å². The fourth-order valence-corrected chi connectivity index (χ4v) is 2.67. The number of ether oxygens (including phenoxy) is 2. The Morgan fingerprint density at radius 3 is 2.21 bits per heavy atom. The number of hydrogen-bond acceptors (Lipinski definition) is 5. The maximum atomic E-state index is 15.1. The summed E-state index contributed by atoms with van der Waals surface area (Å²) in [7, 11) is 0. The summed E-state index contributed by atoms with van der Waals surface area (Å²) in [6, 6.07) is 17.9. The average Bonchev–Trinajstić information content (AvgIpc) is 2.74. The molecule has 3 aromatic rings. The summed E-state index contributed by atoms with van der Waals surface area (Å²) in [4.78, 5) is 0. The lowest BCUT2D eigenvalue weighted by molar-refractivity contribution is 0.340. The van der Waals surface area contributed by atoms with Crippen LogP contribution in [0, 0.1) is 34.3 Å². The van der Waals surface area contributed by atoms with E-state index < -0.39 is 34.2 Å². The van der Waals surface area contributed by atoms with Gasteiger partial charge in [0.1, 0.15) is 40.5 Å². The van der Waals surface area contributed by atoms with Gasteiger partial charge in [0.2, 0.25) is 0 Å². The number of anilines is 2. The van der Waals surface area contributed by atoms with Gasteiger partial charge in [0.15, 0.2) is 17.4 Å². The topological polar surface area (TPSA) is 78.1 Å². The molecule has 144 valence electrons. The van der Waals surface area contributed by atoms with Crippen LogP contribution in [0.2, 0.25) is 0 Å². The first-order valence-electron chi connectivity index (χ1n) is 8.67. The van der Waals surface area contributed by atoms with E-state index in [2.05, 4.69) is 5.32 Å². The highest BCUT2D eigenvalue weighted by Crippen LogP contribution is 2.40. The minimum atomic E-state index is -1.13. The van der Waals surface area contributed by atoms with Gasteiger partial charge in [-0.05, 0) is 31.2 Å². The normalized spacial score (nSPS) is 9.97. The number of halogens is 2. The number of nitrogens with one attached hydrogen (secondary N) is 1. The van der Waals surface area contributed by atoms with Gasteiger partial charge in [-0.2, -0.15) is 10.5 Å². The van der Waals surface area contributed by atoms with E-state index in [0.29, 0.717) is 18.0 Å². The van der Waals surface area contributed by atoms with Crippen molar-refractivity contribution in [3.8, 4) is 29.4 Å². The van der Waals surface area contributed by atoms with Gasteiger partial charge < -0.3 is 14.8 Å². The van der Waals surface area contributed by atoms with Crippen molar-refractivity contribution < 1.29 is 18.3 Å². The summed E-state index contributed by atoms with van der Waals surface area (Å²) < 4.78 is 41.1. The van der Waals surface area contributed by atoms with Gasteiger partial charge in [-0.1, -0.05) is 24.3 Å². The van der Waals surface area contributed by atoms with Crippen molar-refractivity contribution in [2.24, 2.45) is 0 Å². The highest BCUT2D eigenvalue weighted by Gasteiger charge is 2.27. The Morgan fingerprint density at radius 2 is 1.55 bits per heavy atom. The largest absolute Gasteiger partial charge is 0.494 e. The van der Waals surface area contributed by atoms with E-state index in [-0.39, 0.29) is 5.75 Å². The third-order valence-electron chi connectivity index (χ3n) is 3.94. The lowest BCUT2D eigenvalue weighted by atomic mass is 10.1. The monoisotopic (exact) mass is 391 g/mol. The van der Waals surface area contributed by atoms with Crippen molar-refractivity contribution in [3.05, 3.63) is 77.4 Å². The molecule has 0 fully saturated rings. The van der Waals surface area contributed by atoms with Crippen molar-refractivity contribution in [1.29, 1.82) is 10.5 Å². The van der Waals surface area contributed by atoms with Gasteiger partial charge in [-0.15, -0.1) is 0 Å². The highest BCUT2D eigenvalue weighted by molar-refractivity contribution is 5.73. The zero-order chi connectivity index (χ0) is 20.8. The molecule has 0 saturated carbocycles. The fraction of sp³-hybridized carbons (Fsp3) is 0.0909. The van der Waals surface area contributed by atoms with E-state index in [9.17, 15) is 10.5 Å². The summed E-state index contributed by atoms with van der Waals surface area (Å²) >= 11 is 0. The molecule has 0 amide bonds. The predicted molar refractivity (Wildman–Crippen MR) is 103 cm³/mol. The Morgan fingerprint density at radius 1 is 0.897 bits per heavy atom. The molecule has 0 atom stereocenters. The first-order valence-corrected chi connectivity index (χ1v) is 8.67. The number of benzene rings is 3. The van der Waals surface area contributed by atoms with Crippen LogP contribution >= 0.6 is 0 Å². The van der Waals surface area contributed by atoms with Gasteiger partial charge in [0.05, 0.1) is 6.61 Å². The molecular formula is C22H15F2N3O2. The molecule has 0 bridgehead atoms. The molecule has 0 spiro atoms. The Hall–Kier alpha value is -4.10. The molecule has 1 N–H and O–H groups in total. The molecule has 0 heterocycles. The molecule has 0 unspecified atom stereocenters. The second kappa shape index (κ2) is 8.73. The molecule has 0 aromatic heterocycles. The minimum Gasteiger partial charge on any atom is -0.494 e. The van der Waals surface area contributed by atoms with E-state index >= 15 is 8.78 Å². The number of hydrogen-bond donors (Lipinski definition) is 1. The SMILES string of the molecule is CCOc1cccc(Nc2c(F)c(C#N)c(C#N)c(F)c2Oc2ccccc2)c1. The van der Waals surface area contributed by atoms with Crippen molar-refractivity contribution in [2.75, 3.05) is 11.9 Å². The molecule has 0 aliphatic carbocycles. The quantitative estimate of drug-likeness (QED) is 0.588. The van der Waals surface area contributed by atoms with Crippen LogP contribution in [-0.4, -0.2) is 6.61 Å². The fourth-order valence-electron chi connectivity index (χ4n) is 2.67. The van der Waals surface area contributed by atoms with Crippen LogP contribution in [0.5, 0.6) is 17.2 Å². The van der Waals surface area contributed by atoms with Crippen molar-refractivity contribution >= 4 is 11.4 Å². The number of rotatable bonds is 6.